The molecule has 1 aliphatic rings. The number of benzene rings is 1. The molecule has 3 aromatic rings. The van der Waals surface area contributed by atoms with E-state index in [1.807, 2.05) is 46.8 Å². The molecule has 0 unspecified atom stereocenters. The van der Waals surface area contributed by atoms with Crippen LogP contribution in [0.2, 0.25) is 0 Å². The average molecular weight is 426 g/mol. The van der Waals surface area contributed by atoms with Crippen LogP contribution in [-0.4, -0.2) is 28.3 Å². The first-order valence-electron chi connectivity index (χ1n) is 10.2. The van der Waals surface area contributed by atoms with Gasteiger partial charge in [-0.15, -0.1) is 11.3 Å². The lowest BCUT2D eigenvalue weighted by molar-refractivity contribution is -0.160. The fraction of sp³-hybridized carbons (Fsp3) is 0.417. The molecule has 0 radical (unpaired) electrons. The number of aliphatic carboxylic acids is 1. The van der Waals surface area contributed by atoms with E-state index in [0.29, 0.717) is 11.3 Å². The maximum absolute atomic E-state index is 12.3. The topological polar surface area (TPSA) is 68.7 Å². The number of hydrogen-bond donors (Lipinski definition) is 1. The molecular weight excluding hydrogens is 398 g/mol. The largest absolute Gasteiger partial charge is 0.493 e. The zero-order chi connectivity index (χ0) is 21.6. The Labute approximate surface area is 180 Å². The van der Waals surface area contributed by atoms with E-state index in [-0.39, 0.29) is 0 Å². The third-order valence-electron chi connectivity index (χ3n) is 5.19. The predicted octanol–water partition coefficient (Wildman–Crippen LogP) is 5.85. The van der Waals surface area contributed by atoms with E-state index in [1.165, 1.54) is 0 Å². The minimum atomic E-state index is -1.11. The van der Waals surface area contributed by atoms with E-state index in [4.69, 9.17) is 14.5 Å². The van der Waals surface area contributed by atoms with Gasteiger partial charge in [0, 0.05) is 27.1 Å². The van der Waals surface area contributed by atoms with Gasteiger partial charge in [-0.1, -0.05) is 6.07 Å². The van der Waals surface area contributed by atoms with Crippen molar-refractivity contribution < 1.29 is 19.4 Å². The highest BCUT2D eigenvalue weighted by atomic mass is 32.1. The number of ether oxygens (including phenoxy) is 2. The van der Waals surface area contributed by atoms with Crippen LogP contribution in [0.1, 0.15) is 55.0 Å². The molecule has 1 aliphatic heterocycles. The quantitative estimate of drug-likeness (QED) is 0.568. The second-order valence-electron chi connectivity index (χ2n) is 8.78. The average Bonchev–Trinajstić information content (AvgIpc) is 3.03. The van der Waals surface area contributed by atoms with Gasteiger partial charge >= 0.3 is 5.97 Å². The van der Waals surface area contributed by atoms with Gasteiger partial charge in [-0.25, -0.2) is 9.78 Å². The predicted molar refractivity (Wildman–Crippen MR) is 120 cm³/mol. The van der Waals surface area contributed by atoms with Gasteiger partial charge in [-0.3, -0.25) is 0 Å². The van der Waals surface area contributed by atoms with Gasteiger partial charge in [-0.05, 0) is 76.8 Å². The van der Waals surface area contributed by atoms with Crippen molar-refractivity contribution in [2.75, 3.05) is 6.61 Å². The van der Waals surface area contributed by atoms with Crippen LogP contribution in [0.4, 0.5) is 0 Å². The Hall–Kier alpha value is -2.44. The van der Waals surface area contributed by atoms with Gasteiger partial charge in [-0.2, -0.15) is 0 Å². The summed E-state index contributed by atoms with van der Waals surface area (Å²) < 4.78 is 11.8. The standard InChI is InChI=1S/C24H27NO4S/c1-13-11-17-20(16-8-9-18-15(12-16)7-6-10-28-18)19(14(2)25-22(17)30-13)21(23(26)27)29-24(3,4)5/h8-9,11-12,21H,6-7,10H2,1-5H3,(H,26,27)/t21-/m0/s1. The molecule has 1 atom stereocenters. The second-order valence-corrected chi connectivity index (χ2v) is 10.0. The van der Waals surface area contributed by atoms with Crippen LogP contribution in [0.3, 0.4) is 0 Å². The Morgan fingerprint density at radius 1 is 1.27 bits per heavy atom. The van der Waals surface area contributed by atoms with E-state index in [0.717, 1.165) is 57.0 Å². The summed E-state index contributed by atoms with van der Waals surface area (Å²) in [6, 6.07) is 8.24. The van der Waals surface area contributed by atoms with Crippen LogP contribution in [0.5, 0.6) is 5.75 Å². The van der Waals surface area contributed by atoms with Crippen LogP contribution in [0, 0.1) is 13.8 Å². The number of carboxylic acids is 1. The molecule has 0 aliphatic carbocycles. The first-order chi connectivity index (χ1) is 14.1. The lowest BCUT2D eigenvalue weighted by Crippen LogP contribution is -2.28. The molecule has 4 rings (SSSR count). The van der Waals surface area contributed by atoms with Crippen molar-refractivity contribution in [2.24, 2.45) is 0 Å². The lowest BCUT2D eigenvalue weighted by atomic mass is 9.90. The Morgan fingerprint density at radius 2 is 2.03 bits per heavy atom. The van der Waals surface area contributed by atoms with Crippen LogP contribution in [0.15, 0.2) is 24.3 Å². The van der Waals surface area contributed by atoms with Crippen molar-refractivity contribution in [1.82, 2.24) is 4.98 Å². The molecule has 30 heavy (non-hydrogen) atoms. The molecule has 0 bridgehead atoms. The Balaban J connectivity index is 2.01. The van der Waals surface area contributed by atoms with Crippen molar-refractivity contribution in [3.05, 3.63) is 46.0 Å². The Bertz CT molecular complexity index is 1130. The van der Waals surface area contributed by atoms with Gasteiger partial charge < -0.3 is 14.6 Å². The molecule has 5 nitrogen and oxygen atoms in total. The SMILES string of the molecule is Cc1cc2c(-c3ccc4c(c3)CCCO4)c([C@H](OC(C)(C)C)C(=O)O)c(C)nc2s1. The fourth-order valence-electron chi connectivity index (χ4n) is 4.04. The van der Waals surface area contributed by atoms with Crippen molar-refractivity contribution in [1.29, 1.82) is 0 Å². The first-order valence-corrected chi connectivity index (χ1v) is 11.0. The number of aromatic nitrogens is 1. The number of rotatable bonds is 4. The molecule has 1 aromatic carbocycles. The molecular formula is C24H27NO4S. The molecule has 0 amide bonds. The van der Waals surface area contributed by atoms with Crippen molar-refractivity contribution >= 4 is 27.5 Å². The maximum Gasteiger partial charge on any atom is 0.337 e. The van der Waals surface area contributed by atoms with E-state index in [1.54, 1.807) is 11.3 Å². The van der Waals surface area contributed by atoms with E-state index in [9.17, 15) is 9.90 Å². The summed E-state index contributed by atoms with van der Waals surface area (Å²) in [5, 5.41) is 11.1. The molecule has 0 saturated heterocycles. The van der Waals surface area contributed by atoms with E-state index in [2.05, 4.69) is 12.1 Å². The molecule has 1 N–H and O–H groups in total. The summed E-state index contributed by atoms with van der Waals surface area (Å²) in [5.41, 5.74) is 3.72. The Morgan fingerprint density at radius 3 is 2.73 bits per heavy atom. The number of aryl methyl sites for hydroxylation is 3. The number of thiophene rings is 1. The monoisotopic (exact) mass is 425 g/mol. The van der Waals surface area contributed by atoms with Gasteiger partial charge in [0.25, 0.3) is 0 Å². The van der Waals surface area contributed by atoms with E-state index >= 15 is 0 Å². The third kappa shape index (κ3) is 3.94. The van der Waals surface area contributed by atoms with Crippen LogP contribution in [-0.2, 0) is 16.0 Å². The van der Waals surface area contributed by atoms with Gasteiger partial charge in [0.1, 0.15) is 10.6 Å². The summed E-state index contributed by atoms with van der Waals surface area (Å²) in [7, 11) is 0. The van der Waals surface area contributed by atoms with Gasteiger partial charge in [0.2, 0.25) is 0 Å². The van der Waals surface area contributed by atoms with Crippen molar-refractivity contribution in [3.63, 3.8) is 0 Å². The maximum atomic E-state index is 12.3. The molecule has 3 heterocycles. The summed E-state index contributed by atoms with van der Waals surface area (Å²) in [4.78, 5) is 19.1. The van der Waals surface area contributed by atoms with Gasteiger partial charge in [0.15, 0.2) is 6.10 Å². The fourth-order valence-corrected chi connectivity index (χ4v) is 4.97. The number of pyridine rings is 1. The van der Waals surface area contributed by atoms with Crippen LogP contribution >= 0.6 is 11.3 Å². The number of fused-ring (bicyclic) bond motifs is 2. The summed E-state index contributed by atoms with van der Waals surface area (Å²) in [6.45, 7) is 10.3. The minimum Gasteiger partial charge on any atom is -0.493 e. The number of nitrogens with zero attached hydrogens (tertiary/aromatic N) is 1. The second kappa shape index (κ2) is 7.67. The summed E-state index contributed by atoms with van der Waals surface area (Å²) in [6.07, 6.45) is 0.829. The zero-order valence-corrected chi connectivity index (χ0v) is 18.9. The zero-order valence-electron chi connectivity index (χ0n) is 18.0. The van der Waals surface area contributed by atoms with E-state index < -0.39 is 17.7 Å². The van der Waals surface area contributed by atoms with Crippen molar-refractivity contribution in [2.45, 2.75) is 59.2 Å². The number of carboxylic acid groups (broad SMARTS) is 1. The summed E-state index contributed by atoms with van der Waals surface area (Å²) >= 11 is 1.62. The summed E-state index contributed by atoms with van der Waals surface area (Å²) in [5.74, 6) is -0.0977. The molecule has 2 aromatic heterocycles. The molecule has 0 fully saturated rings. The third-order valence-corrected chi connectivity index (χ3v) is 6.13. The van der Waals surface area contributed by atoms with Gasteiger partial charge in [0.05, 0.1) is 12.2 Å². The highest BCUT2D eigenvalue weighted by molar-refractivity contribution is 7.18. The van der Waals surface area contributed by atoms with Crippen LogP contribution < -0.4 is 4.74 Å². The molecule has 0 saturated carbocycles. The lowest BCUT2D eigenvalue weighted by Gasteiger charge is -2.28. The Kier molecular flexibility index (Phi) is 5.32. The molecule has 0 spiro atoms. The highest BCUT2D eigenvalue weighted by Crippen LogP contribution is 2.42. The number of carbonyl (C=O) groups is 1. The normalized spacial score (nSPS) is 15.0. The number of hydrogen-bond acceptors (Lipinski definition) is 5. The van der Waals surface area contributed by atoms with Crippen LogP contribution in [0.25, 0.3) is 21.3 Å². The molecule has 6 heteroatoms. The molecule has 158 valence electrons. The first kappa shape index (κ1) is 20.8. The highest BCUT2D eigenvalue weighted by Gasteiger charge is 2.32. The minimum absolute atomic E-state index is 0.615. The smallest absolute Gasteiger partial charge is 0.337 e. The van der Waals surface area contributed by atoms with Crippen molar-refractivity contribution in [3.8, 4) is 16.9 Å².